The van der Waals surface area contributed by atoms with Crippen LogP contribution in [0.4, 0.5) is 0 Å². The van der Waals surface area contributed by atoms with E-state index in [4.69, 9.17) is 0 Å². The summed E-state index contributed by atoms with van der Waals surface area (Å²) in [5.41, 5.74) is 0. The van der Waals surface area contributed by atoms with Crippen LogP contribution >= 0.6 is 0 Å². The van der Waals surface area contributed by atoms with Crippen LogP contribution in [0.5, 0.6) is 0 Å². The van der Waals surface area contributed by atoms with Gasteiger partial charge in [0.25, 0.3) is 0 Å². The first-order valence-electron chi connectivity index (χ1n) is 8.90. The molecule has 2 rings (SSSR count). The Bertz CT molecular complexity index is 370. The molecule has 2 aliphatic heterocycles. The van der Waals surface area contributed by atoms with Gasteiger partial charge in [-0.2, -0.15) is 0 Å². The molecule has 2 fully saturated rings. The number of likely N-dealkylation sites (tertiary alicyclic amines) is 1. The Balaban J connectivity index is 1.74. The lowest BCUT2D eigenvalue weighted by Gasteiger charge is -2.36. The molecule has 1 unspecified atom stereocenters. The fourth-order valence-corrected chi connectivity index (χ4v) is 3.22. The molecule has 0 aromatic heterocycles. The van der Waals surface area contributed by atoms with Crippen molar-refractivity contribution in [2.24, 2.45) is 5.92 Å². The topological polar surface area (TPSA) is 43.9 Å². The van der Waals surface area contributed by atoms with Gasteiger partial charge >= 0.3 is 0 Å². The molecular weight excluding hydrogens is 278 g/mol. The van der Waals surface area contributed by atoms with Gasteiger partial charge in [0.05, 0.1) is 6.54 Å². The van der Waals surface area contributed by atoms with Crippen molar-refractivity contribution in [1.29, 1.82) is 0 Å². The van der Waals surface area contributed by atoms with Crippen molar-refractivity contribution in [3.8, 4) is 0 Å². The SMILES string of the molecule is CCC(C)C(=O)N1CCN(CC(=O)N2CCCCCC2)CC1. The summed E-state index contributed by atoms with van der Waals surface area (Å²) in [4.78, 5) is 30.8. The molecule has 2 aliphatic rings. The highest BCUT2D eigenvalue weighted by molar-refractivity contribution is 5.79. The third kappa shape index (κ3) is 4.70. The van der Waals surface area contributed by atoms with Gasteiger partial charge in [0.2, 0.25) is 11.8 Å². The van der Waals surface area contributed by atoms with Crippen molar-refractivity contribution >= 4 is 11.8 Å². The van der Waals surface area contributed by atoms with Gasteiger partial charge in [-0.05, 0) is 19.3 Å². The number of hydrogen-bond acceptors (Lipinski definition) is 3. The van der Waals surface area contributed by atoms with Crippen LogP contribution in [-0.2, 0) is 9.59 Å². The Morgan fingerprint density at radius 1 is 0.864 bits per heavy atom. The zero-order valence-corrected chi connectivity index (χ0v) is 14.2. The minimum Gasteiger partial charge on any atom is -0.342 e. The van der Waals surface area contributed by atoms with E-state index in [0.29, 0.717) is 6.54 Å². The molecule has 0 aromatic rings. The summed E-state index contributed by atoms with van der Waals surface area (Å²) in [7, 11) is 0. The van der Waals surface area contributed by atoms with Crippen molar-refractivity contribution in [3.63, 3.8) is 0 Å². The molecule has 5 heteroatoms. The Hall–Kier alpha value is -1.10. The lowest BCUT2D eigenvalue weighted by Crippen LogP contribution is -2.52. The maximum atomic E-state index is 12.4. The summed E-state index contributed by atoms with van der Waals surface area (Å²) in [5, 5.41) is 0. The molecule has 126 valence electrons. The predicted molar refractivity (Wildman–Crippen MR) is 87.5 cm³/mol. The molecule has 1 atom stereocenters. The molecule has 0 N–H and O–H groups in total. The monoisotopic (exact) mass is 309 g/mol. The number of rotatable bonds is 4. The third-order valence-electron chi connectivity index (χ3n) is 5.04. The van der Waals surface area contributed by atoms with Crippen LogP contribution in [0.3, 0.4) is 0 Å². The van der Waals surface area contributed by atoms with Gasteiger partial charge in [-0.25, -0.2) is 0 Å². The quantitative estimate of drug-likeness (QED) is 0.792. The molecule has 0 spiro atoms. The van der Waals surface area contributed by atoms with E-state index in [1.54, 1.807) is 0 Å². The van der Waals surface area contributed by atoms with Crippen LogP contribution in [-0.4, -0.2) is 72.3 Å². The van der Waals surface area contributed by atoms with E-state index in [9.17, 15) is 9.59 Å². The van der Waals surface area contributed by atoms with Crippen LogP contribution in [0.15, 0.2) is 0 Å². The van der Waals surface area contributed by atoms with E-state index in [1.165, 1.54) is 12.8 Å². The highest BCUT2D eigenvalue weighted by Crippen LogP contribution is 2.12. The maximum absolute atomic E-state index is 12.4. The fraction of sp³-hybridized carbons (Fsp3) is 0.882. The fourth-order valence-electron chi connectivity index (χ4n) is 3.22. The lowest BCUT2D eigenvalue weighted by molar-refractivity contribution is -0.137. The smallest absolute Gasteiger partial charge is 0.236 e. The molecule has 2 heterocycles. The van der Waals surface area contributed by atoms with E-state index in [0.717, 1.165) is 58.5 Å². The second-order valence-corrected chi connectivity index (χ2v) is 6.71. The largest absolute Gasteiger partial charge is 0.342 e. The first-order valence-corrected chi connectivity index (χ1v) is 8.90. The standard InChI is InChI=1S/C17H31N3O2/c1-3-15(2)17(22)20-12-10-18(11-13-20)14-16(21)19-8-6-4-5-7-9-19/h15H,3-14H2,1-2H3. The maximum Gasteiger partial charge on any atom is 0.236 e. The summed E-state index contributed by atoms with van der Waals surface area (Å²) in [5.74, 6) is 0.648. The molecule has 5 nitrogen and oxygen atoms in total. The van der Waals surface area contributed by atoms with Crippen molar-refractivity contribution in [2.75, 3.05) is 45.8 Å². The second-order valence-electron chi connectivity index (χ2n) is 6.71. The second kappa shape index (κ2) is 8.51. The lowest BCUT2D eigenvalue weighted by atomic mass is 10.1. The third-order valence-corrected chi connectivity index (χ3v) is 5.04. The molecule has 0 aliphatic carbocycles. The average molecular weight is 309 g/mol. The number of hydrogen-bond donors (Lipinski definition) is 0. The first-order chi connectivity index (χ1) is 10.6. The van der Waals surface area contributed by atoms with Crippen molar-refractivity contribution < 1.29 is 9.59 Å². The van der Waals surface area contributed by atoms with Gasteiger partial charge in [-0.1, -0.05) is 26.7 Å². The van der Waals surface area contributed by atoms with Crippen molar-refractivity contribution in [3.05, 3.63) is 0 Å². The first kappa shape index (κ1) is 17.3. The average Bonchev–Trinajstić information content (AvgIpc) is 2.83. The molecule has 0 aromatic carbocycles. The molecule has 22 heavy (non-hydrogen) atoms. The molecule has 0 radical (unpaired) electrons. The van der Waals surface area contributed by atoms with Crippen molar-refractivity contribution in [2.45, 2.75) is 46.0 Å². The van der Waals surface area contributed by atoms with Gasteiger partial charge in [-0.15, -0.1) is 0 Å². The normalized spacial score (nSPS) is 22.3. The zero-order chi connectivity index (χ0) is 15.9. The number of amides is 2. The minimum atomic E-state index is 0.116. The van der Waals surface area contributed by atoms with Crippen LogP contribution in [0.25, 0.3) is 0 Å². The Morgan fingerprint density at radius 2 is 1.45 bits per heavy atom. The summed E-state index contributed by atoms with van der Waals surface area (Å²) in [6, 6.07) is 0. The van der Waals surface area contributed by atoms with Gasteiger partial charge in [-0.3, -0.25) is 14.5 Å². The van der Waals surface area contributed by atoms with Crippen LogP contribution in [0, 0.1) is 5.92 Å². The number of piperazine rings is 1. The van der Waals surface area contributed by atoms with Gasteiger partial charge in [0.15, 0.2) is 0 Å². The van der Waals surface area contributed by atoms with E-state index in [2.05, 4.69) is 11.8 Å². The minimum absolute atomic E-state index is 0.116. The molecule has 2 saturated heterocycles. The number of carbonyl (C=O) groups is 2. The number of nitrogens with zero attached hydrogens (tertiary/aromatic N) is 3. The van der Waals surface area contributed by atoms with Gasteiger partial charge in [0, 0.05) is 45.2 Å². The Kier molecular flexibility index (Phi) is 6.68. The van der Waals surface area contributed by atoms with E-state index in [-0.39, 0.29) is 17.7 Å². The zero-order valence-electron chi connectivity index (χ0n) is 14.2. The van der Waals surface area contributed by atoms with E-state index < -0.39 is 0 Å². The Labute approximate surface area is 134 Å². The summed E-state index contributed by atoms with van der Waals surface area (Å²) >= 11 is 0. The number of carbonyl (C=O) groups excluding carboxylic acids is 2. The predicted octanol–water partition coefficient (Wildman–Crippen LogP) is 1.58. The molecule has 2 amide bonds. The van der Waals surface area contributed by atoms with E-state index >= 15 is 0 Å². The molecular formula is C17H31N3O2. The van der Waals surface area contributed by atoms with Crippen LogP contribution in [0.1, 0.15) is 46.0 Å². The van der Waals surface area contributed by atoms with Gasteiger partial charge < -0.3 is 9.80 Å². The summed E-state index contributed by atoms with van der Waals surface area (Å²) < 4.78 is 0. The van der Waals surface area contributed by atoms with Crippen LogP contribution in [0.2, 0.25) is 0 Å². The Morgan fingerprint density at radius 3 is 2.00 bits per heavy atom. The molecule has 0 bridgehead atoms. The van der Waals surface area contributed by atoms with E-state index in [1.807, 2.05) is 16.7 Å². The van der Waals surface area contributed by atoms with Crippen LogP contribution < -0.4 is 0 Å². The highest BCUT2D eigenvalue weighted by Gasteiger charge is 2.26. The highest BCUT2D eigenvalue weighted by atomic mass is 16.2. The van der Waals surface area contributed by atoms with Crippen molar-refractivity contribution in [1.82, 2.24) is 14.7 Å². The van der Waals surface area contributed by atoms with Gasteiger partial charge in [0.1, 0.15) is 0 Å². The summed E-state index contributed by atoms with van der Waals surface area (Å²) in [6.07, 6.45) is 5.68. The molecule has 0 saturated carbocycles. The summed E-state index contributed by atoms with van der Waals surface area (Å²) in [6.45, 7) is 9.58.